The molecular weight excluding hydrogens is 324 g/mol. The molecule has 0 saturated carbocycles. The van der Waals surface area contributed by atoms with Crippen molar-refractivity contribution >= 4 is 54.5 Å². The molecule has 0 amide bonds. The van der Waals surface area contributed by atoms with Gasteiger partial charge in [-0.25, -0.2) is 9.97 Å². The largest absolute Gasteiger partial charge is 0.241 e. The highest BCUT2D eigenvalue weighted by Gasteiger charge is 2.06. The van der Waals surface area contributed by atoms with E-state index in [9.17, 15) is 0 Å². The predicted molar refractivity (Wildman–Crippen MR) is 58.6 cm³/mol. The van der Waals surface area contributed by atoms with Gasteiger partial charge in [-0.1, -0.05) is 0 Å². The summed E-state index contributed by atoms with van der Waals surface area (Å²) in [6.07, 6.45) is 3.57. The Kier molecular flexibility index (Phi) is 2.59. The highest BCUT2D eigenvalue weighted by Crippen LogP contribution is 2.32. The van der Waals surface area contributed by atoms with Crippen LogP contribution in [0.4, 0.5) is 0 Å². The molecule has 0 radical (unpaired) electrons. The summed E-state index contributed by atoms with van der Waals surface area (Å²) in [7, 11) is 0. The van der Waals surface area contributed by atoms with Gasteiger partial charge in [0.25, 0.3) is 0 Å². The van der Waals surface area contributed by atoms with Gasteiger partial charge in [0.05, 0.1) is 20.0 Å². The first kappa shape index (κ1) is 8.80. The van der Waals surface area contributed by atoms with Crippen molar-refractivity contribution in [2.45, 2.75) is 0 Å². The molecule has 2 rings (SSSR count). The van der Waals surface area contributed by atoms with E-state index < -0.39 is 0 Å². The monoisotopic (exact) mass is 324 g/mol. The second-order valence-corrected chi connectivity index (χ2v) is 6.76. The molecule has 0 fully saturated rings. The molecule has 0 unspecified atom stereocenters. The second-order valence-electron chi connectivity index (χ2n) is 1.94. The van der Waals surface area contributed by atoms with Crippen LogP contribution < -0.4 is 0 Å². The first-order valence-electron chi connectivity index (χ1n) is 2.99. The number of hydrogen-bond donors (Lipinski definition) is 0. The molecule has 0 aliphatic heterocycles. The lowest BCUT2D eigenvalue weighted by Crippen LogP contribution is -1.68. The van der Waals surface area contributed by atoms with Gasteiger partial charge in [-0.05, 0) is 31.9 Å². The average Bonchev–Trinajstić information content (AvgIpc) is 2.58. The molecule has 12 heavy (non-hydrogen) atoms. The fourth-order valence-electron chi connectivity index (χ4n) is 0.707. The van der Waals surface area contributed by atoms with E-state index in [1.807, 2.05) is 0 Å². The van der Waals surface area contributed by atoms with Crippen LogP contribution in [0.3, 0.4) is 0 Å². The SMILES string of the molecule is Brc1cnc(-c2ncc(Br)s2)s1. The highest BCUT2D eigenvalue weighted by atomic mass is 79.9. The van der Waals surface area contributed by atoms with E-state index in [2.05, 4.69) is 41.8 Å². The lowest BCUT2D eigenvalue weighted by molar-refractivity contribution is 1.35. The Morgan fingerprint density at radius 3 is 1.58 bits per heavy atom. The molecule has 0 N–H and O–H groups in total. The van der Waals surface area contributed by atoms with Crippen molar-refractivity contribution in [1.29, 1.82) is 0 Å². The summed E-state index contributed by atoms with van der Waals surface area (Å²) < 4.78 is 2.06. The lowest BCUT2D eigenvalue weighted by atomic mass is 10.7. The molecule has 0 atom stereocenters. The maximum Gasteiger partial charge on any atom is 0.153 e. The molecule has 2 aromatic rings. The van der Waals surface area contributed by atoms with Gasteiger partial charge in [-0.15, -0.1) is 22.7 Å². The van der Waals surface area contributed by atoms with E-state index in [0.717, 1.165) is 17.6 Å². The smallest absolute Gasteiger partial charge is 0.153 e. The molecule has 62 valence electrons. The Hall–Kier alpha value is 0.220. The molecule has 2 nitrogen and oxygen atoms in total. The summed E-state index contributed by atoms with van der Waals surface area (Å²) in [5, 5.41) is 1.91. The Morgan fingerprint density at radius 2 is 1.33 bits per heavy atom. The highest BCUT2D eigenvalue weighted by molar-refractivity contribution is 9.11. The van der Waals surface area contributed by atoms with Gasteiger partial charge >= 0.3 is 0 Å². The summed E-state index contributed by atoms with van der Waals surface area (Å²) in [6, 6.07) is 0. The van der Waals surface area contributed by atoms with Gasteiger partial charge in [-0.2, -0.15) is 0 Å². The Balaban J connectivity index is 2.43. The van der Waals surface area contributed by atoms with Crippen molar-refractivity contribution < 1.29 is 0 Å². The van der Waals surface area contributed by atoms with Crippen molar-refractivity contribution in [1.82, 2.24) is 9.97 Å². The van der Waals surface area contributed by atoms with E-state index in [-0.39, 0.29) is 0 Å². The third-order valence-corrected chi connectivity index (χ3v) is 4.23. The Bertz CT molecular complexity index is 357. The zero-order valence-electron chi connectivity index (χ0n) is 5.62. The summed E-state index contributed by atoms with van der Waals surface area (Å²) in [6.45, 7) is 0. The Morgan fingerprint density at radius 1 is 0.917 bits per heavy atom. The van der Waals surface area contributed by atoms with E-state index in [4.69, 9.17) is 0 Å². The molecule has 0 aliphatic rings. The van der Waals surface area contributed by atoms with Crippen LogP contribution in [0.5, 0.6) is 0 Å². The van der Waals surface area contributed by atoms with Crippen molar-refractivity contribution in [3.8, 4) is 10.0 Å². The molecule has 0 saturated heterocycles. The third-order valence-electron chi connectivity index (χ3n) is 1.14. The van der Waals surface area contributed by atoms with Crippen molar-refractivity contribution in [3.05, 3.63) is 20.0 Å². The minimum absolute atomic E-state index is 0.956. The maximum atomic E-state index is 4.20. The van der Waals surface area contributed by atoms with Crippen LogP contribution in [0.2, 0.25) is 0 Å². The average molecular weight is 326 g/mol. The topological polar surface area (TPSA) is 25.8 Å². The van der Waals surface area contributed by atoms with Crippen LogP contribution in [0.15, 0.2) is 20.0 Å². The summed E-state index contributed by atoms with van der Waals surface area (Å²) in [5.74, 6) is 0. The van der Waals surface area contributed by atoms with Crippen molar-refractivity contribution in [2.24, 2.45) is 0 Å². The maximum absolute atomic E-state index is 4.20. The number of nitrogens with zero attached hydrogens (tertiary/aromatic N) is 2. The van der Waals surface area contributed by atoms with Gasteiger partial charge in [0.2, 0.25) is 0 Å². The first-order chi connectivity index (χ1) is 5.75. The standard InChI is InChI=1S/C6H2Br2N2S2/c7-3-1-9-5(11-3)6-10-2-4(8)12-6/h1-2H. The van der Waals surface area contributed by atoms with Crippen LogP contribution in [0.25, 0.3) is 10.0 Å². The lowest BCUT2D eigenvalue weighted by Gasteiger charge is -1.82. The molecule has 0 bridgehead atoms. The second kappa shape index (κ2) is 3.53. The normalized spacial score (nSPS) is 10.5. The molecule has 0 aromatic carbocycles. The molecule has 0 aliphatic carbocycles. The quantitative estimate of drug-likeness (QED) is 0.797. The zero-order valence-corrected chi connectivity index (χ0v) is 10.4. The van der Waals surface area contributed by atoms with E-state index in [0.29, 0.717) is 0 Å². The summed E-state index contributed by atoms with van der Waals surface area (Å²) in [4.78, 5) is 8.40. The fourth-order valence-corrected chi connectivity index (χ4v) is 3.15. The van der Waals surface area contributed by atoms with Crippen molar-refractivity contribution in [3.63, 3.8) is 0 Å². The van der Waals surface area contributed by atoms with E-state index >= 15 is 0 Å². The summed E-state index contributed by atoms with van der Waals surface area (Å²) >= 11 is 9.89. The van der Waals surface area contributed by atoms with Gasteiger partial charge in [0, 0.05) is 0 Å². The molecule has 2 aromatic heterocycles. The van der Waals surface area contributed by atoms with Gasteiger partial charge in [0.15, 0.2) is 10.0 Å². The molecule has 2 heterocycles. The number of rotatable bonds is 1. The van der Waals surface area contributed by atoms with E-state index in [1.54, 1.807) is 35.1 Å². The molecule has 6 heteroatoms. The minimum atomic E-state index is 0.956. The number of halogens is 2. The van der Waals surface area contributed by atoms with Crippen LogP contribution in [-0.4, -0.2) is 9.97 Å². The van der Waals surface area contributed by atoms with E-state index in [1.165, 1.54) is 0 Å². The zero-order chi connectivity index (χ0) is 8.55. The van der Waals surface area contributed by atoms with Crippen molar-refractivity contribution in [2.75, 3.05) is 0 Å². The van der Waals surface area contributed by atoms with Crippen LogP contribution in [0.1, 0.15) is 0 Å². The number of hydrogen-bond acceptors (Lipinski definition) is 4. The number of aromatic nitrogens is 2. The fraction of sp³-hybridized carbons (Fsp3) is 0. The van der Waals surface area contributed by atoms with Crippen LogP contribution in [0, 0.1) is 0 Å². The predicted octanol–water partition coefficient (Wildman–Crippen LogP) is 3.79. The van der Waals surface area contributed by atoms with Gasteiger partial charge < -0.3 is 0 Å². The summed E-state index contributed by atoms with van der Waals surface area (Å²) in [5.41, 5.74) is 0. The molecular formula is C6H2Br2N2S2. The molecule has 0 spiro atoms. The van der Waals surface area contributed by atoms with Gasteiger partial charge in [-0.3, -0.25) is 0 Å². The Labute approximate surface area is 93.9 Å². The minimum Gasteiger partial charge on any atom is -0.241 e. The van der Waals surface area contributed by atoms with Crippen LogP contribution in [-0.2, 0) is 0 Å². The first-order valence-corrected chi connectivity index (χ1v) is 6.20. The van der Waals surface area contributed by atoms with Crippen LogP contribution >= 0.6 is 54.5 Å². The van der Waals surface area contributed by atoms with Gasteiger partial charge in [0.1, 0.15) is 0 Å². The number of thiazole rings is 2. The third kappa shape index (κ3) is 1.76.